The lowest BCUT2D eigenvalue weighted by atomic mass is 10.0. The first kappa shape index (κ1) is 20.3. The van der Waals surface area contributed by atoms with Gasteiger partial charge in [-0.2, -0.15) is 13.2 Å². The smallest absolute Gasteiger partial charge is 0.416 e. The Balaban J connectivity index is 2.05. The molecule has 1 aliphatic rings. The number of nitrogens with zero attached hydrogens (tertiary/aromatic N) is 1. The molecule has 1 aliphatic heterocycles. The number of alkyl halides is 3. The maximum atomic E-state index is 13.4. The lowest BCUT2D eigenvalue weighted by molar-refractivity contribution is -0.137. The molecule has 0 amide bonds. The van der Waals surface area contributed by atoms with Gasteiger partial charge < -0.3 is 9.67 Å². The minimum Gasteiger partial charge on any atom is -0.477 e. The molecule has 1 N–H and O–H groups in total. The zero-order valence-corrected chi connectivity index (χ0v) is 16.6. The number of hydrogen-bond donors (Lipinski definition) is 1. The monoisotopic (exact) mass is 431 g/mol. The van der Waals surface area contributed by atoms with Crippen molar-refractivity contribution in [2.24, 2.45) is 0 Å². The van der Waals surface area contributed by atoms with E-state index in [1.807, 2.05) is 30.3 Å². The normalized spacial score (nSPS) is 15.8. The maximum absolute atomic E-state index is 13.4. The molecule has 0 aliphatic carbocycles. The molecule has 1 aromatic heterocycles. The largest absolute Gasteiger partial charge is 0.477 e. The molecule has 0 bridgehead atoms. The van der Waals surface area contributed by atoms with Gasteiger partial charge in [0, 0.05) is 34.0 Å². The van der Waals surface area contributed by atoms with Gasteiger partial charge in [-0.15, -0.1) is 11.8 Å². The summed E-state index contributed by atoms with van der Waals surface area (Å²) >= 11 is 1.36. The predicted molar refractivity (Wildman–Crippen MR) is 107 cm³/mol. The number of carboxylic acids is 1. The molecule has 4 rings (SSSR count). The minimum atomic E-state index is -4.55. The van der Waals surface area contributed by atoms with E-state index in [4.69, 9.17) is 0 Å². The van der Waals surface area contributed by atoms with Crippen LogP contribution in [-0.2, 0) is 12.6 Å². The van der Waals surface area contributed by atoms with E-state index in [1.54, 1.807) is 6.92 Å². The van der Waals surface area contributed by atoms with Crippen molar-refractivity contribution in [2.45, 2.75) is 29.7 Å². The molecule has 1 atom stereocenters. The molecule has 2 heterocycles. The molecule has 0 saturated heterocycles. The second-order valence-electron chi connectivity index (χ2n) is 7.01. The number of pyridine rings is 1. The Morgan fingerprint density at radius 2 is 1.83 bits per heavy atom. The van der Waals surface area contributed by atoms with Gasteiger partial charge in [0.05, 0.1) is 11.3 Å². The van der Waals surface area contributed by atoms with Crippen LogP contribution in [0.5, 0.6) is 0 Å². The Labute approximate surface area is 174 Å². The Kier molecular flexibility index (Phi) is 4.97. The van der Waals surface area contributed by atoms with Crippen LogP contribution in [0.2, 0.25) is 0 Å². The number of rotatable bonds is 2. The van der Waals surface area contributed by atoms with Crippen LogP contribution in [0.15, 0.2) is 64.3 Å². The molecule has 30 heavy (non-hydrogen) atoms. The van der Waals surface area contributed by atoms with Crippen molar-refractivity contribution in [1.29, 1.82) is 0 Å². The van der Waals surface area contributed by atoms with Crippen LogP contribution in [0.3, 0.4) is 0 Å². The number of halogens is 3. The van der Waals surface area contributed by atoms with Crippen molar-refractivity contribution >= 4 is 17.7 Å². The lowest BCUT2D eigenvalue weighted by Gasteiger charge is -2.19. The number of carboxylic acid groups (broad SMARTS) is 1. The van der Waals surface area contributed by atoms with E-state index in [2.05, 4.69) is 0 Å². The van der Waals surface area contributed by atoms with Gasteiger partial charge in [-0.25, -0.2) is 4.79 Å². The summed E-state index contributed by atoms with van der Waals surface area (Å²) in [5.41, 5.74) is -0.191. The van der Waals surface area contributed by atoms with Crippen molar-refractivity contribution in [3.63, 3.8) is 0 Å². The summed E-state index contributed by atoms with van der Waals surface area (Å²) in [5.74, 6) is -1.39. The number of fused-ring (bicyclic) bond motifs is 3. The van der Waals surface area contributed by atoms with E-state index in [0.717, 1.165) is 23.8 Å². The van der Waals surface area contributed by atoms with Gasteiger partial charge in [-0.1, -0.05) is 30.3 Å². The molecule has 0 saturated carbocycles. The fourth-order valence-corrected chi connectivity index (χ4v) is 5.00. The first-order valence-electron chi connectivity index (χ1n) is 9.09. The molecule has 8 heteroatoms. The molecule has 3 aromatic rings. The van der Waals surface area contributed by atoms with Gasteiger partial charge in [0.25, 0.3) is 0 Å². The van der Waals surface area contributed by atoms with Crippen molar-refractivity contribution in [3.05, 3.63) is 92.9 Å². The number of thioether (sulfide) groups is 1. The molecular weight excluding hydrogens is 415 g/mol. The summed E-state index contributed by atoms with van der Waals surface area (Å²) in [4.78, 5) is 24.9. The van der Waals surface area contributed by atoms with E-state index < -0.39 is 28.7 Å². The summed E-state index contributed by atoms with van der Waals surface area (Å²) in [6.45, 7) is 1.59. The zero-order valence-electron chi connectivity index (χ0n) is 15.7. The van der Waals surface area contributed by atoms with E-state index in [1.165, 1.54) is 22.4 Å². The number of hydrogen-bond acceptors (Lipinski definition) is 3. The molecule has 154 valence electrons. The highest BCUT2D eigenvalue weighted by molar-refractivity contribution is 7.99. The molecule has 0 spiro atoms. The van der Waals surface area contributed by atoms with Crippen molar-refractivity contribution in [1.82, 2.24) is 4.57 Å². The Bertz CT molecular complexity index is 1200. The zero-order chi connectivity index (χ0) is 21.6. The van der Waals surface area contributed by atoms with Crippen molar-refractivity contribution in [2.75, 3.05) is 0 Å². The topological polar surface area (TPSA) is 59.3 Å². The van der Waals surface area contributed by atoms with Gasteiger partial charge in [0.1, 0.15) is 5.56 Å². The number of aromatic nitrogens is 1. The highest BCUT2D eigenvalue weighted by atomic mass is 32.2. The second kappa shape index (κ2) is 7.36. The molecular formula is C22H16F3NO3S. The lowest BCUT2D eigenvalue weighted by Crippen LogP contribution is -2.24. The second-order valence-corrected chi connectivity index (χ2v) is 8.26. The molecule has 4 nitrogen and oxygen atoms in total. The van der Waals surface area contributed by atoms with E-state index in [-0.39, 0.29) is 23.1 Å². The molecule has 0 radical (unpaired) electrons. The van der Waals surface area contributed by atoms with Crippen LogP contribution >= 0.6 is 11.8 Å². The number of carbonyl (C=O) groups is 1. The summed E-state index contributed by atoms with van der Waals surface area (Å²) < 4.78 is 41.6. The van der Waals surface area contributed by atoms with E-state index in [9.17, 15) is 27.9 Å². The molecule has 0 fully saturated rings. The summed E-state index contributed by atoms with van der Waals surface area (Å²) in [6, 6.07) is 13.9. The summed E-state index contributed by atoms with van der Waals surface area (Å²) in [5, 5.41) is 9.42. The van der Waals surface area contributed by atoms with Crippen molar-refractivity contribution in [3.8, 4) is 5.69 Å². The van der Waals surface area contributed by atoms with Gasteiger partial charge >= 0.3 is 12.1 Å². The van der Waals surface area contributed by atoms with Crippen LogP contribution in [0.4, 0.5) is 13.2 Å². The fourth-order valence-electron chi connectivity index (χ4n) is 3.74. The average molecular weight is 431 g/mol. The molecule has 0 unspecified atom stereocenters. The minimum absolute atomic E-state index is 0.184. The fraction of sp³-hybridized carbons (Fsp3) is 0.182. The predicted octanol–water partition coefficient (Wildman–Crippen LogP) is 5.25. The maximum Gasteiger partial charge on any atom is 0.416 e. The number of aryl methyl sites for hydroxylation is 1. The third kappa shape index (κ3) is 3.52. The van der Waals surface area contributed by atoms with E-state index >= 15 is 0 Å². The average Bonchev–Trinajstić information content (AvgIpc) is 2.84. The first-order chi connectivity index (χ1) is 14.2. The van der Waals surface area contributed by atoms with Crippen LogP contribution in [0, 0.1) is 6.92 Å². The van der Waals surface area contributed by atoms with Gasteiger partial charge in [-0.3, -0.25) is 4.79 Å². The first-order valence-corrected chi connectivity index (χ1v) is 9.97. The van der Waals surface area contributed by atoms with Crippen LogP contribution in [-0.4, -0.2) is 15.6 Å². The van der Waals surface area contributed by atoms with Gasteiger partial charge in [0.2, 0.25) is 0 Å². The van der Waals surface area contributed by atoms with E-state index in [0.29, 0.717) is 10.6 Å². The summed E-state index contributed by atoms with van der Waals surface area (Å²) in [6.07, 6.45) is -4.36. The standard InChI is InChI=1S/C22H16F3NO3S/c1-12-9-17(27)20(21(28)29)16-11-19(13-5-3-2-4-6-13)30-18-8-7-14(22(23,24)25)10-15(18)26(12)16/h2-10,19H,11H2,1H3,(H,28,29)/t19-/m0/s1. The Morgan fingerprint density at radius 1 is 1.13 bits per heavy atom. The van der Waals surface area contributed by atoms with Crippen LogP contribution in [0.1, 0.15) is 38.1 Å². The quantitative estimate of drug-likeness (QED) is 0.602. The highest BCUT2D eigenvalue weighted by Crippen LogP contribution is 2.45. The Hall–Kier alpha value is -3.00. The highest BCUT2D eigenvalue weighted by Gasteiger charge is 2.34. The van der Waals surface area contributed by atoms with Crippen LogP contribution < -0.4 is 5.43 Å². The number of aromatic carboxylic acids is 1. The third-order valence-electron chi connectivity index (χ3n) is 5.06. The van der Waals surface area contributed by atoms with Gasteiger partial charge in [0.15, 0.2) is 5.43 Å². The SMILES string of the molecule is Cc1cc(=O)c(C(=O)O)c2n1-c1cc(C(F)(F)F)ccc1S[C@H](c1ccccc1)C2. The Morgan fingerprint density at radius 3 is 2.47 bits per heavy atom. The van der Waals surface area contributed by atoms with Crippen LogP contribution in [0.25, 0.3) is 5.69 Å². The number of benzene rings is 2. The summed E-state index contributed by atoms with van der Waals surface area (Å²) in [7, 11) is 0. The van der Waals surface area contributed by atoms with Crippen molar-refractivity contribution < 1.29 is 23.1 Å². The third-order valence-corrected chi connectivity index (χ3v) is 6.38. The van der Waals surface area contributed by atoms with Gasteiger partial charge in [-0.05, 0) is 30.7 Å². The molecule has 2 aromatic carbocycles.